The van der Waals surface area contributed by atoms with E-state index in [2.05, 4.69) is 0 Å². The smallest absolute Gasteiger partial charge is 0.227 e. The average molecular weight is 390 g/mol. The maximum Gasteiger partial charge on any atom is 0.388 e. The van der Waals surface area contributed by atoms with E-state index in [4.69, 9.17) is 0 Å². The van der Waals surface area contributed by atoms with Gasteiger partial charge < -0.3 is 0 Å². The third kappa shape index (κ3) is 4.19. The Kier molecular flexibility index (Phi) is 5.77. The van der Waals surface area contributed by atoms with Gasteiger partial charge in [-0.15, -0.1) is 0 Å². The average Bonchev–Trinajstić information content (AvgIpc) is 2.06. The molecule has 0 aliphatic carbocycles. The fourth-order valence-corrected chi connectivity index (χ4v) is 20.0. The molecule has 0 rings (SSSR count). The van der Waals surface area contributed by atoms with Crippen LogP contribution in [0.3, 0.4) is 0 Å². The van der Waals surface area contributed by atoms with Crippen molar-refractivity contribution in [3.63, 3.8) is 0 Å². The molecule has 0 saturated carbocycles. The summed E-state index contributed by atoms with van der Waals surface area (Å²) >= 11 is 0. The zero-order chi connectivity index (χ0) is 17.5. The van der Waals surface area contributed by atoms with Crippen LogP contribution in [0.2, 0.25) is 12.6 Å². The van der Waals surface area contributed by atoms with Crippen LogP contribution in [0.25, 0.3) is 0 Å². The van der Waals surface area contributed by atoms with E-state index in [1.807, 2.05) is 0 Å². The molecule has 1 atom stereocenters. The summed E-state index contributed by atoms with van der Waals surface area (Å²) in [6, 6.07) is -0.809. The molecule has 0 radical (unpaired) electrons. The molecule has 128 valence electrons. The van der Waals surface area contributed by atoms with Gasteiger partial charge in [0.1, 0.15) is 0 Å². The highest BCUT2D eigenvalue weighted by atomic mass is 32.3. The summed E-state index contributed by atoms with van der Waals surface area (Å²) in [6.45, 7) is 1.01. The Hall–Kier alpha value is -0.143. The van der Waals surface area contributed by atoms with Crippen LogP contribution in [0.1, 0.15) is 6.42 Å². The first-order valence-electron chi connectivity index (χ1n) is 5.53. The van der Waals surface area contributed by atoms with Crippen molar-refractivity contribution in [2.75, 3.05) is 18.8 Å². The second-order valence-corrected chi connectivity index (χ2v) is 16.8. The molecule has 6 nitrogen and oxygen atoms in total. The molecule has 0 amide bonds. The topological polar surface area (TPSA) is 102 Å². The van der Waals surface area contributed by atoms with Gasteiger partial charge in [-0.2, -0.15) is 13.2 Å². The first kappa shape index (κ1) is 20.9. The number of sulfone groups is 3. The Labute approximate surface area is 124 Å². The van der Waals surface area contributed by atoms with Crippen molar-refractivity contribution in [1.29, 1.82) is 0 Å². The Morgan fingerprint density at radius 2 is 1.10 bits per heavy atom. The van der Waals surface area contributed by atoms with E-state index in [9.17, 15) is 38.4 Å². The normalized spacial score (nSPS) is 16.7. The molecule has 0 aromatic carbocycles. The monoisotopic (exact) mass is 390 g/mol. The quantitative estimate of drug-likeness (QED) is 0.597. The molecule has 0 aliphatic heterocycles. The summed E-state index contributed by atoms with van der Waals surface area (Å²) < 4.78 is 105. The molecule has 0 aliphatic rings. The second kappa shape index (κ2) is 5.81. The van der Waals surface area contributed by atoms with Gasteiger partial charge >= 0.3 is 6.18 Å². The molecule has 0 bridgehead atoms. The molecular weight excluding hydrogens is 373 g/mol. The lowest BCUT2D eigenvalue weighted by Gasteiger charge is -2.33. The van der Waals surface area contributed by atoms with Crippen LogP contribution in [0, 0.1) is 0 Å². The van der Waals surface area contributed by atoms with E-state index in [-0.39, 0.29) is 0 Å². The summed E-state index contributed by atoms with van der Waals surface area (Å²) in [5.41, 5.74) is 0. The lowest BCUT2D eigenvalue weighted by molar-refractivity contribution is -0.130. The number of halogens is 3. The summed E-state index contributed by atoms with van der Waals surface area (Å²) in [4.78, 5) is 0. The molecule has 21 heavy (non-hydrogen) atoms. The Bertz CT molecular complexity index is 613. The van der Waals surface area contributed by atoms with E-state index < -0.39 is 60.0 Å². The lowest BCUT2D eigenvalue weighted by atomic mass is 10.5. The number of hydrogen-bond acceptors (Lipinski definition) is 6. The third-order valence-corrected chi connectivity index (χ3v) is 21.4. The van der Waals surface area contributed by atoms with Crippen molar-refractivity contribution in [1.82, 2.24) is 0 Å². The Morgan fingerprint density at radius 1 is 0.810 bits per heavy atom. The first-order valence-corrected chi connectivity index (χ1v) is 13.8. The standard InChI is InChI=1S/C8H17F3O6S3Si/c1-18(12,13)8(19(2,14)15,20(3,16)17)21(4)6-5-7(9,10)11/h21H,5-6H2,1-4H3. The summed E-state index contributed by atoms with van der Waals surface area (Å²) in [6.07, 6.45) is -4.78. The van der Waals surface area contributed by atoms with Gasteiger partial charge in [-0.3, -0.25) is 0 Å². The number of rotatable bonds is 6. The van der Waals surface area contributed by atoms with E-state index in [0.29, 0.717) is 18.8 Å². The van der Waals surface area contributed by atoms with Crippen LogP contribution < -0.4 is 0 Å². The minimum Gasteiger partial charge on any atom is -0.227 e. The fourth-order valence-electron chi connectivity index (χ4n) is 2.48. The molecule has 1 unspecified atom stereocenters. The summed E-state index contributed by atoms with van der Waals surface area (Å²) in [5.74, 6) is 0. The van der Waals surface area contributed by atoms with Crippen LogP contribution in [-0.4, -0.2) is 62.0 Å². The molecule has 0 heterocycles. The molecule has 0 fully saturated rings. The van der Waals surface area contributed by atoms with E-state index in [1.165, 1.54) is 0 Å². The molecule has 0 aromatic heterocycles. The molecule has 0 aromatic rings. The summed E-state index contributed by atoms with van der Waals surface area (Å²) in [5, 5.41) is 0. The Balaban J connectivity index is 6.35. The molecule has 0 saturated heterocycles. The van der Waals surface area contributed by atoms with Crippen molar-refractivity contribution >= 4 is 38.3 Å². The predicted molar refractivity (Wildman–Crippen MR) is 75.8 cm³/mol. The third-order valence-electron chi connectivity index (χ3n) is 3.01. The minimum atomic E-state index is -4.69. The molecular formula is C8H17F3O6S3Si. The first-order chi connectivity index (χ1) is 8.88. The SMILES string of the molecule is C[SiH](CCC(F)(F)F)C(S(C)(=O)=O)(S(C)(=O)=O)S(C)(=O)=O. The highest BCUT2D eigenvalue weighted by molar-refractivity contribution is 8.28. The second-order valence-electron chi connectivity index (χ2n) is 4.97. The van der Waals surface area contributed by atoms with Crippen molar-refractivity contribution < 1.29 is 38.4 Å². The van der Waals surface area contributed by atoms with E-state index in [1.54, 1.807) is 0 Å². The van der Waals surface area contributed by atoms with Crippen molar-refractivity contribution in [3.05, 3.63) is 0 Å². The van der Waals surface area contributed by atoms with Crippen molar-refractivity contribution in [2.24, 2.45) is 0 Å². The number of hydrogen-bond donors (Lipinski definition) is 0. The van der Waals surface area contributed by atoms with Crippen molar-refractivity contribution in [3.8, 4) is 0 Å². The lowest BCUT2D eigenvalue weighted by Crippen LogP contribution is -2.61. The minimum absolute atomic E-state index is 0.423. The zero-order valence-electron chi connectivity index (χ0n) is 11.8. The Morgan fingerprint density at radius 3 is 1.29 bits per heavy atom. The van der Waals surface area contributed by atoms with Gasteiger partial charge in [0, 0.05) is 25.2 Å². The molecule has 0 N–H and O–H groups in total. The van der Waals surface area contributed by atoms with Crippen LogP contribution in [0.5, 0.6) is 0 Å². The van der Waals surface area contributed by atoms with Gasteiger partial charge in [0.2, 0.25) is 0 Å². The van der Waals surface area contributed by atoms with E-state index in [0.717, 1.165) is 6.55 Å². The van der Waals surface area contributed by atoms with Crippen molar-refractivity contribution in [2.45, 2.75) is 28.2 Å². The van der Waals surface area contributed by atoms with Gasteiger partial charge in [0.15, 0.2) is 29.5 Å². The van der Waals surface area contributed by atoms with Crippen LogP contribution >= 0.6 is 0 Å². The van der Waals surface area contributed by atoms with E-state index >= 15 is 0 Å². The van der Waals surface area contributed by atoms with Gasteiger partial charge in [-0.1, -0.05) is 6.55 Å². The van der Waals surface area contributed by atoms with Crippen LogP contribution in [0.15, 0.2) is 0 Å². The predicted octanol–water partition coefficient (Wildman–Crippen LogP) is 0.123. The fraction of sp³-hybridized carbons (Fsp3) is 1.00. The van der Waals surface area contributed by atoms with Gasteiger partial charge in [-0.25, -0.2) is 25.3 Å². The maximum absolute atomic E-state index is 12.3. The van der Waals surface area contributed by atoms with Gasteiger partial charge in [-0.05, 0) is 6.04 Å². The highest BCUT2D eigenvalue weighted by Crippen LogP contribution is 2.36. The van der Waals surface area contributed by atoms with Crippen LogP contribution in [0.4, 0.5) is 13.2 Å². The molecule has 13 heteroatoms. The molecule has 0 spiro atoms. The summed E-state index contributed by atoms with van der Waals surface area (Å²) in [7, 11) is -17.5. The van der Waals surface area contributed by atoms with Crippen LogP contribution in [-0.2, 0) is 29.5 Å². The van der Waals surface area contributed by atoms with Gasteiger partial charge in [0.25, 0.3) is 3.03 Å². The van der Waals surface area contributed by atoms with Gasteiger partial charge in [0.05, 0.1) is 8.80 Å². The number of alkyl halides is 3. The zero-order valence-corrected chi connectivity index (χ0v) is 15.4. The maximum atomic E-state index is 12.3. The highest BCUT2D eigenvalue weighted by Gasteiger charge is 2.63. The largest absolute Gasteiger partial charge is 0.388 e.